The van der Waals surface area contributed by atoms with Gasteiger partial charge in [-0.1, -0.05) is 18.6 Å². The lowest BCUT2D eigenvalue weighted by Gasteiger charge is -2.28. The molecule has 2 heteroatoms. The summed E-state index contributed by atoms with van der Waals surface area (Å²) >= 11 is 0. The predicted octanol–water partition coefficient (Wildman–Crippen LogP) is 3.94. The molecule has 0 saturated heterocycles. The highest BCUT2D eigenvalue weighted by atomic mass is 16.1. The van der Waals surface area contributed by atoms with E-state index in [1.54, 1.807) is 0 Å². The first kappa shape index (κ1) is 13.7. The fourth-order valence-electron chi connectivity index (χ4n) is 4.18. The maximum atomic E-state index is 12.8. The number of carbonyl (C=O) groups is 1. The van der Waals surface area contributed by atoms with Crippen LogP contribution < -0.4 is 5.73 Å². The summed E-state index contributed by atoms with van der Waals surface area (Å²) in [6, 6.07) is 7.77. The van der Waals surface area contributed by atoms with E-state index in [4.69, 9.17) is 5.73 Å². The highest BCUT2D eigenvalue weighted by Gasteiger charge is 2.42. The predicted molar refractivity (Wildman–Crippen MR) is 82.4 cm³/mol. The zero-order valence-corrected chi connectivity index (χ0v) is 12.6. The number of benzene rings is 1. The van der Waals surface area contributed by atoms with Gasteiger partial charge in [-0.2, -0.15) is 0 Å². The molecule has 108 valence electrons. The van der Waals surface area contributed by atoms with Crippen molar-refractivity contribution < 1.29 is 4.79 Å². The number of rotatable bonds is 4. The fraction of sp³-hybridized carbons (Fsp3) is 0.611. The second kappa shape index (κ2) is 4.91. The van der Waals surface area contributed by atoms with Crippen molar-refractivity contribution in [2.45, 2.75) is 51.4 Å². The topological polar surface area (TPSA) is 43.1 Å². The third kappa shape index (κ3) is 2.36. The maximum absolute atomic E-state index is 12.8. The van der Waals surface area contributed by atoms with Crippen LogP contribution in [0.2, 0.25) is 0 Å². The third-order valence-electron chi connectivity index (χ3n) is 5.66. The van der Waals surface area contributed by atoms with Crippen molar-refractivity contribution in [3.63, 3.8) is 0 Å². The van der Waals surface area contributed by atoms with E-state index >= 15 is 0 Å². The summed E-state index contributed by atoms with van der Waals surface area (Å²) in [6.45, 7) is 4.10. The average molecular weight is 271 g/mol. The minimum absolute atomic E-state index is 0.389. The summed E-state index contributed by atoms with van der Waals surface area (Å²) in [5, 5.41) is 0. The monoisotopic (exact) mass is 271 g/mol. The Balaban J connectivity index is 1.70. The van der Waals surface area contributed by atoms with Crippen LogP contribution in [0.25, 0.3) is 0 Å². The molecule has 1 aromatic carbocycles. The van der Waals surface area contributed by atoms with Gasteiger partial charge in [0, 0.05) is 17.5 Å². The Hall–Kier alpha value is -1.31. The molecule has 3 atom stereocenters. The van der Waals surface area contributed by atoms with E-state index in [9.17, 15) is 4.79 Å². The van der Waals surface area contributed by atoms with Gasteiger partial charge in [-0.3, -0.25) is 4.79 Å². The Kier molecular flexibility index (Phi) is 3.35. The Morgan fingerprint density at radius 3 is 2.45 bits per heavy atom. The fourth-order valence-corrected chi connectivity index (χ4v) is 4.18. The van der Waals surface area contributed by atoms with Crippen LogP contribution in [-0.4, -0.2) is 5.78 Å². The Labute approximate surface area is 121 Å². The van der Waals surface area contributed by atoms with Gasteiger partial charge in [0.2, 0.25) is 0 Å². The highest BCUT2D eigenvalue weighted by Crippen LogP contribution is 2.50. The summed E-state index contributed by atoms with van der Waals surface area (Å²) in [5.74, 6) is 2.78. The average Bonchev–Trinajstić information content (AvgIpc) is 3.01. The zero-order valence-electron chi connectivity index (χ0n) is 12.6. The molecule has 1 aromatic rings. The number of nitrogen functional groups attached to an aromatic ring is 1. The first-order valence-electron chi connectivity index (χ1n) is 7.86. The van der Waals surface area contributed by atoms with Crippen LogP contribution in [0.4, 0.5) is 5.69 Å². The first-order chi connectivity index (χ1) is 9.46. The largest absolute Gasteiger partial charge is 0.399 e. The minimum Gasteiger partial charge on any atom is -0.399 e. The molecule has 2 aliphatic carbocycles. The van der Waals surface area contributed by atoms with Crippen LogP contribution in [-0.2, 0) is 10.2 Å². The Bertz CT molecular complexity index is 503. The quantitative estimate of drug-likeness (QED) is 0.843. The Morgan fingerprint density at radius 1 is 1.20 bits per heavy atom. The van der Waals surface area contributed by atoms with Crippen molar-refractivity contribution in [3.8, 4) is 0 Å². The SMILES string of the molecule is CC(C)(C(=O)CC1CC2CCC1C2)c1ccc(N)cc1. The summed E-state index contributed by atoms with van der Waals surface area (Å²) in [7, 11) is 0. The molecule has 2 aliphatic rings. The van der Waals surface area contributed by atoms with Crippen molar-refractivity contribution in [1.82, 2.24) is 0 Å². The number of fused-ring (bicyclic) bond motifs is 2. The van der Waals surface area contributed by atoms with Crippen molar-refractivity contribution in [2.24, 2.45) is 17.8 Å². The molecule has 0 aliphatic heterocycles. The van der Waals surface area contributed by atoms with E-state index in [-0.39, 0.29) is 0 Å². The summed E-state index contributed by atoms with van der Waals surface area (Å²) < 4.78 is 0. The lowest BCUT2D eigenvalue weighted by molar-refractivity contribution is -0.124. The van der Waals surface area contributed by atoms with E-state index in [1.165, 1.54) is 25.7 Å². The molecular weight excluding hydrogens is 246 g/mol. The van der Waals surface area contributed by atoms with Crippen molar-refractivity contribution in [3.05, 3.63) is 29.8 Å². The van der Waals surface area contributed by atoms with Gasteiger partial charge < -0.3 is 5.73 Å². The van der Waals surface area contributed by atoms with Gasteiger partial charge in [-0.05, 0) is 68.6 Å². The normalized spacial score (nSPS) is 28.8. The summed E-state index contributed by atoms with van der Waals surface area (Å²) in [6.07, 6.45) is 6.18. The maximum Gasteiger partial charge on any atom is 0.143 e. The molecule has 0 aromatic heterocycles. The molecule has 3 unspecified atom stereocenters. The van der Waals surface area contributed by atoms with Gasteiger partial charge in [-0.15, -0.1) is 0 Å². The van der Waals surface area contributed by atoms with Crippen LogP contribution in [0.15, 0.2) is 24.3 Å². The molecule has 2 nitrogen and oxygen atoms in total. The van der Waals surface area contributed by atoms with E-state index in [0.29, 0.717) is 11.7 Å². The van der Waals surface area contributed by atoms with Gasteiger partial charge in [0.15, 0.2) is 0 Å². The van der Waals surface area contributed by atoms with E-state index in [2.05, 4.69) is 0 Å². The number of hydrogen-bond donors (Lipinski definition) is 1. The number of nitrogens with two attached hydrogens (primary N) is 1. The smallest absolute Gasteiger partial charge is 0.143 e. The van der Waals surface area contributed by atoms with Gasteiger partial charge in [-0.25, -0.2) is 0 Å². The van der Waals surface area contributed by atoms with Gasteiger partial charge in [0.1, 0.15) is 5.78 Å². The first-order valence-corrected chi connectivity index (χ1v) is 7.86. The number of carbonyl (C=O) groups excluding carboxylic acids is 1. The Morgan fingerprint density at radius 2 is 1.90 bits per heavy atom. The molecule has 0 spiro atoms. The van der Waals surface area contributed by atoms with E-state index < -0.39 is 5.41 Å². The molecular formula is C18H25NO. The highest BCUT2D eigenvalue weighted by molar-refractivity contribution is 5.89. The number of anilines is 1. The summed E-state index contributed by atoms with van der Waals surface area (Å²) in [5.41, 5.74) is 7.18. The standard InChI is InChI=1S/C18H25NO/c1-18(2,15-5-7-16(19)8-6-15)17(20)11-14-10-12-3-4-13(14)9-12/h5-8,12-14H,3-4,9-11,19H2,1-2H3. The van der Waals surface area contributed by atoms with Crippen molar-refractivity contribution >= 4 is 11.5 Å². The number of Topliss-reactive ketones (excluding diaryl/α,β-unsaturated/α-hetero) is 1. The number of hydrogen-bond acceptors (Lipinski definition) is 2. The second-order valence-corrected chi connectivity index (χ2v) is 7.31. The minimum atomic E-state index is -0.393. The molecule has 0 amide bonds. The zero-order chi connectivity index (χ0) is 14.3. The molecule has 0 heterocycles. The van der Waals surface area contributed by atoms with Crippen molar-refractivity contribution in [2.75, 3.05) is 5.73 Å². The van der Waals surface area contributed by atoms with Gasteiger partial charge >= 0.3 is 0 Å². The van der Waals surface area contributed by atoms with Gasteiger partial charge in [0.05, 0.1) is 0 Å². The van der Waals surface area contributed by atoms with Gasteiger partial charge in [0.25, 0.3) is 0 Å². The second-order valence-electron chi connectivity index (χ2n) is 7.31. The van der Waals surface area contributed by atoms with Crippen LogP contribution in [0.1, 0.15) is 51.5 Å². The van der Waals surface area contributed by atoms with Crippen LogP contribution in [0, 0.1) is 17.8 Å². The lowest BCUT2D eigenvalue weighted by atomic mass is 9.75. The molecule has 20 heavy (non-hydrogen) atoms. The number of ketones is 1. The molecule has 2 bridgehead atoms. The molecule has 3 rings (SSSR count). The van der Waals surface area contributed by atoms with Crippen LogP contribution in [0.3, 0.4) is 0 Å². The molecule has 2 fully saturated rings. The van der Waals surface area contributed by atoms with E-state index in [0.717, 1.165) is 29.5 Å². The summed E-state index contributed by atoms with van der Waals surface area (Å²) in [4.78, 5) is 12.8. The lowest BCUT2D eigenvalue weighted by Crippen LogP contribution is -2.31. The molecule has 2 saturated carbocycles. The molecule has 2 N–H and O–H groups in total. The van der Waals surface area contributed by atoms with Crippen LogP contribution >= 0.6 is 0 Å². The van der Waals surface area contributed by atoms with E-state index in [1.807, 2.05) is 38.1 Å². The van der Waals surface area contributed by atoms with Crippen LogP contribution in [0.5, 0.6) is 0 Å². The van der Waals surface area contributed by atoms with Crippen molar-refractivity contribution in [1.29, 1.82) is 0 Å². The third-order valence-corrected chi connectivity index (χ3v) is 5.66. The molecule has 0 radical (unpaired) electrons.